The number of hydrazone groups is 1. The summed E-state index contributed by atoms with van der Waals surface area (Å²) in [7, 11) is 0. The third-order valence-corrected chi connectivity index (χ3v) is 4.38. The van der Waals surface area contributed by atoms with Crippen LogP contribution in [0.3, 0.4) is 0 Å². The molecule has 4 rings (SSSR count). The summed E-state index contributed by atoms with van der Waals surface area (Å²) in [6.45, 7) is -0.0581. The molecule has 0 atom stereocenters. The smallest absolute Gasteiger partial charge is 0.338 e. The maximum absolute atomic E-state index is 12.3. The molecule has 0 spiro atoms. The first-order valence-electron chi connectivity index (χ1n) is 9.12. The molecule has 0 saturated carbocycles. The highest BCUT2D eigenvalue weighted by molar-refractivity contribution is 6.05. The molecule has 0 saturated heterocycles. The molecule has 0 radical (unpaired) electrons. The molecular weight excluding hydrogens is 368 g/mol. The van der Waals surface area contributed by atoms with Gasteiger partial charge >= 0.3 is 5.97 Å². The van der Waals surface area contributed by atoms with Gasteiger partial charge in [-0.1, -0.05) is 54.6 Å². The van der Waals surface area contributed by atoms with Crippen LogP contribution in [0.25, 0.3) is 0 Å². The molecule has 0 bridgehead atoms. The quantitative estimate of drug-likeness (QED) is 0.626. The van der Waals surface area contributed by atoms with Crippen LogP contribution in [0.4, 0.5) is 5.69 Å². The second-order valence-corrected chi connectivity index (χ2v) is 6.33. The fourth-order valence-electron chi connectivity index (χ4n) is 2.92. The van der Waals surface area contributed by atoms with E-state index in [1.807, 2.05) is 48.5 Å². The van der Waals surface area contributed by atoms with E-state index >= 15 is 0 Å². The molecule has 3 aromatic carbocycles. The van der Waals surface area contributed by atoms with E-state index in [-0.39, 0.29) is 19.1 Å². The minimum absolute atomic E-state index is 0.0611. The van der Waals surface area contributed by atoms with Crippen LogP contribution in [0, 0.1) is 0 Å². The minimum Gasteiger partial charge on any atom is -0.466 e. The molecule has 6 nitrogen and oxygen atoms in total. The molecule has 0 aromatic heterocycles. The summed E-state index contributed by atoms with van der Waals surface area (Å²) < 4.78 is 11.0. The molecule has 1 amide bonds. The monoisotopic (exact) mass is 386 g/mol. The average Bonchev–Trinajstić information content (AvgIpc) is 2.79. The summed E-state index contributed by atoms with van der Waals surface area (Å²) in [5, 5.41) is 5.71. The molecule has 0 N–H and O–H groups in total. The number of para-hydroxylation sites is 1. The van der Waals surface area contributed by atoms with Gasteiger partial charge in [0.1, 0.15) is 6.61 Å². The summed E-state index contributed by atoms with van der Waals surface area (Å²) in [6, 6.07) is 25.3. The van der Waals surface area contributed by atoms with E-state index in [9.17, 15) is 9.59 Å². The normalized spacial score (nSPS) is 13.4. The highest BCUT2D eigenvalue weighted by Gasteiger charge is 2.25. The number of hydrogen-bond acceptors (Lipinski definition) is 5. The summed E-state index contributed by atoms with van der Waals surface area (Å²) in [5.41, 5.74) is 2.54. The van der Waals surface area contributed by atoms with Crippen molar-refractivity contribution in [2.45, 2.75) is 6.61 Å². The van der Waals surface area contributed by atoms with E-state index in [4.69, 9.17) is 9.47 Å². The molecule has 6 heteroatoms. The van der Waals surface area contributed by atoms with Crippen molar-refractivity contribution in [1.82, 2.24) is 0 Å². The Morgan fingerprint density at radius 3 is 2.34 bits per heavy atom. The predicted octanol–water partition coefficient (Wildman–Crippen LogP) is 3.77. The summed E-state index contributed by atoms with van der Waals surface area (Å²) in [6.07, 6.45) is 0. The number of anilines is 1. The van der Waals surface area contributed by atoms with Crippen molar-refractivity contribution in [2.24, 2.45) is 5.10 Å². The molecule has 0 fully saturated rings. The Morgan fingerprint density at radius 2 is 1.59 bits per heavy atom. The van der Waals surface area contributed by atoms with Crippen LogP contribution in [0.1, 0.15) is 21.5 Å². The zero-order valence-electron chi connectivity index (χ0n) is 15.5. The van der Waals surface area contributed by atoms with E-state index < -0.39 is 5.97 Å². The highest BCUT2D eigenvalue weighted by Crippen LogP contribution is 2.21. The van der Waals surface area contributed by atoms with Gasteiger partial charge in [-0.25, -0.2) is 4.79 Å². The number of esters is 1. The SMILES string of the molecule is O=C(OCc1ccccc1C1=NN(c2ccccc2)C(=O)CO1)c1ccccc1. The van der Waals surface area contributed by atoms with Crippen molar-refractivity contribution in [3.63, 3.8) is 0 Å². The van der Waals surface area contributed by atoms with E-state index in [1.165, 1.54) is 5.01 Å². The lowest BCUT2D eigenvalue weighted by atomic mass is 10.1. The average molecular weight is 386 g/mol. The van der Waals surface area contributed by atoms with Crippen LogP contribution in [0.5, 0.6) is 0 Å². The third kappa shape index (κ3) is 4.16. The number of rotatable bonds is 5. The molecular formula is C23H18N2O4. The number of ether oxygens (including phenoxy) is 2. The Bertz CT molecular complexity index is 1050. The zero-order chi connectivity index (χ0) is 20.1. The second kappa shape index (κ2) is 8.39. The molecule has 3 aromatic rings. The van der Waals surface area contributed by atoms with Gasteiger partial charge in [0, 0.05) is 11.1 Å². The van der Waals surface area contributed by atoms with Gasteiger partial charge in [0.15, 0.2) is 6.61 Å². The second-order valence-electron chi connectivity index (χ2n) is 6.33. The topological polar surface area (TPSA) is 68.2 Å². The number of nitrogens with zero attached hydrogens (tertiary/aromatic N) is 2. The number of carbonyl (C=O) groups is 2. The molecule has 144 valence electrons. The Labute approximate surface area is 168 Å². The Kier molecular flexibility index (Phi) is 5.33. The van der Waals surface area contributed by atoms with Crippen LogP contribution in [0.15, 0.2) is 90.0 Å². The van der Waals surface area contributed by atoms with Crippen molar-refractivity contribution in [2.75, 3.05) is 11.6 Å². The Morgan fingerprint density at radius 1 is 0.931 bits per heavy atom. The van der Waals surface area contributed by atoms with E-state index in [2.05, 4.69) is 5.10 Å². The van der Waals surface area contributed by atoms with Crippen LogP contribution in [-0.2, 0) is 20.9 Å². The first-order valence-corrected chi connectivity index (χ1v) is 9.12. The van der Waals surface area contributed by atoms with Crippen LogP contribution >= 0.6 is 0 Å². The van der Waals surface area contributed by atoms with Gasteiger partial charge in [-0.05, 0) is 30.3 Å². The van der Waals surface area contributed by atoms with Gasteiger partial charge in [0.25, 0.3) is 5.91 Å². The molecule has 0 unspecified atom stereocenters. The lowest BCUT2D eigenvalue weighted by Gasteiger charge is -2.24. The van der Waals surface area contributed by atoms with Gasteiger partial charge in [-0.3, -0.25) is 4.79 Å². The fraction of sp³-hybridized carbons (Fsp3) is 0.0870. The van der Waals surface area contributed by atoms with E-state index in [0.717, 1.165) is 5.56 Å². The van der Waals surface area contributed by atoms with Crippen LogP contribution < -0.4 is 5.01 Å². The van der Waals surface area contributed by atoms with Crippen molar-refractivity contribution in [3.8, 4) is 0 Å². The van der Waals surface area contributed by atoms with Gasteiger partial charge < -0.3 is 9.47 Å². The standard InChI is InChI=1S/C23H18N2O4/c26-21-16-28-22(24-25(21)19-12-5-2-6-13-19)20-14-8-7-11-18(20)15-29-23(27)17-9-3-1-4-10-17/h1-14H,15-16H2. The minimum atomic E-state index is -0.409. The predicted molar refractivity (Wildman–Crippen MR) is 108 cm³/mol. The molecule has 1 heterocycles. The Balaban J connectivity index is 1.57. The van der Waals surface area contributed by atoms with Gasteiger partial charge in [-0.15, -0.1) is 5.10 Å². The lowest BCUT2D eigenvalue weighted by molar-refractivity contribution is -0.121. The Hall–Kier alpha value is -3.93. The van der Waals surface area contributed by atoms with E-state index in [1.54, 1.807) is 36.4 Å². The third-order valence-electron chi connectivity index (χ3n) is 4.38. The largest absolute Gasteiger partial charge is 0.466 e. The number of benzene rings is 3. The van der Waals surface area contributed by atoms with Crippen molar-refractivity contribution >= 4 is 23.5 Å². The fourth-order valence-corrected chi connectivity index (χ4v) is 2.92. The maximum Gasteiger partial charge on any atom is 0.338 e. The summed E-state index contributed by atoms with van der Waals surface area (Å²) >= 11 is 0. The van der Waals surface area contributed by atoms with Crippen molar-refractivity contribution < 1.29 is 19.1 Å². The number of hydrogen-bond donors (Lipinski definition) is 0. The molecule has 29 heavy (non-hydrogen) atoms. The van der Waals surface area contributed by atoms with Gasteiger partial charge in [0.2, 0.25) is 5.90 Å². The molecule has 1 aliphatic heterocycles. The van der Waals surface area contributed by atoms with Crippen molar-refractivity contribution in [3.05, 3.63) is 102 Å². The highest BCUT2D eigenvalue weighted by atomic mass is 16.5. The van der Waals surface area contributed by atoms with Crippen LogP contribution in [0.2, 0.25) is 0 Å². The van der Waals surface area contributed by atoms with Gasteiger partial charge in [-0.2, -0.15) is 5.01 Å². The lowest BCUT2D eigenvalue weighted by Crippen LogP contribution is -2.37. The number of carbonyl (C=O) groups excluding carboxylic acids is 2. The summed E-state index contributed by atoms with van der Waals surface area (Å²) in [4.78, 5) is 24.5. The van der Waals surface area contributed by atoms with Gasteiger partial charge in [0.05, 0.1) is 11.3 Å². The summed E-state index contributed by atoms with van der Waals surface area (Å²) in [5.74, 6) is -0.360. The zero-order valence-corrected chi connectivity index (χ0v) is 15.5. The first kappa shape index (κ1) is 18.4. The molecule has 1 aliphatic rings. The maximum atomic E-state index is 12.3. The molecule has 0 aliphatic carbocycles. The van der Waals surface area contributed by atoms with E-state index in [0.29, 0.717) is 22.7 Å². The van der Waals surface area contributed by atoms with Crippen molar-refractivity contribution in [1.29, 1.82) is 0 Å². The first-order chi connectivity index (χ1) is 14.2. The number of amides is 1. The van der Waals surface area contributed by atoms with Crippen LogP contribution in [-0.4, -0.2) is 24.4 Å².